The van der Waals surface area contributed by atoms with E-state index in [1.165, 1.54) is 31.2 Å². The van der Waals surface area contributed by atoms with Crippen molar-refractivity contribution >= 4 is 29.3 Å². The van der Waals surface area contributed by atoms with E-state index >= 15 is 0 Å². The van der Waals surface area contributed by atoms with Crippen LogP contribution >= 0.6 is 0 Å². The van der Waals surface area contributed by atoms with E-state index < -0.39 is 30.6 Å². The number of hydrogen-bond donors (Lipinski definition) is 2. The number of ether oxygens (including phenoxy) is 2. The Hall–Kier alpha value is -3.00. The second-order valence-electron chi connectivity index (χ2n) is 4.63. The van der Waals surface area contributed by atoms with Crippen LogP contribution < -0.4 is 5.32 Å². The number of aliphatic hydroxyl groups is 1. The van der Waals surface area contributed by atoms with Gasteiger partial charge in [-0.1, -0.05) is 0 Å². The Morgan fingerprint density at radius 3 is 2.25 bits per heavy atom. The summed E-state index contributed by atoms with van der Waals surface area (Å²) >= 11 is 0. The van der Waals surface area contributed by atoms with Crippen molar-refractivity contribution in [2.75, 3.05) is 19.0 Å². The van der Waals surface area contributed by atoms with Gasteiger partial charge in [0, 0.05) is 23.4 Å². The summed E-state index contributed by atoms with van der Waals surface area (Å²) in [5.41, 5.74) is 0.862. The highest BCUT2D eigenvalue weighted by Gasteiger charge is 2.17. The van der Waals surface area contributed by atoms with E-state index in [2.05, 4.69) is 14.8 Å². The van der Waals surface area contributed by atoms with E-state index in [1.807, 2.05) is 0 Å². The molecule has 8 nitrogen and oxygen atoms in total. The number of nitrogens with one attached hydrogen (secondary N) is 1. The Bertz CT molecular complexity index is 649. The van der Waals surface area contributed by atoms with Crippen molar-refractivity contribution in [1.82, 2.24) is 0 Å². The number of amides is 1. The van der Waals surface area contributed by atoms with Gasteiger partial charge in [0.2, 0.25) is 0 Å². The SMILES string of the molecule is COC(=O)/C=C/C(=O)OCC(O)C(=O)Nc1ccc(C(C)=O)cc1. The molecule has 0 saturated carbocycles. The molecule has 0 aliphatic carbocycles. The summed E-state index contributed by atoms with van der Waals surface area (Å²) in [6.07, 6.45) is 0.0791. The summed E-state index contributed by atoms with van der Waals surface area (Å²) < 4.78 is 8.90. The molecule has 0 bridgehead atoms. The molecule has 0 heterocycles. The molecular weight excluding hydrogens is 318 g/mol. The zero-order valence-corrected chi connectivity index (χ0v) is 13.1. The predicted octanol–water partition coefficient (Wildman–Crippen LogP) is 0.461. The topological polar surface area (TPSA) is 119 Å². The highest BCUT2D eigenvalue weighted by atomic mass is 16.5. The average Bonchev–Trinajstić information content (AvgIpc) is 2.57. The van der Waals surface area contributed by atoms with Gasteiger partial charge in [-0.2, -0.15) is 0 Å². The first-order valence-electron chi connectivity index (χ1n) is 6.86. The highest BCUT2D eigenvalue weighted by Crippen LogP contribution is 2.10. The van der Waals surface area contributed by atoms with Crippen molar-refractivity contribution in [2.45, 2.75) is 13.0 Å². The van der Waals surface area contributed by atoms with Gasteiger partial charge in [-0.15, -0.1) is 0 Å². The van der Waals surface area contributed by atoms with Gasteiger partial charge < -0.3 is 19.9 Å². The summed E-state index contributed by atoms with van der Waals surface area (Å²) in [4.78, 5) is 44.9. The van der Waals surface area contributed by atoms with Crippen LogP contribution in [0.15, 0.2) is 36.4 Å². The number of anilines is 1. The van der Waals surface area contributed by atoms with Crippen molar-refractivity contribution < 1.29 is 33.8 Å². The molecular formula is C16H17NO7. The molecule has 1 unspecified atom stereocenters. The van der Waals surface area contributed by atoms with Crippen LogP contribution in [0.3, 0.4) is 0 Å². The van der Waals surface area contributed by atoms with Gasteiger partial charge in [0.15, 0.2) is 11.9 Å². The standard InChI is InChI=1S/C16H17NO7/c1-10(18)11-3-5-12(6-4-11)17-16(22)13(19)9-24-15(21)8-7-14(20)23-2/h3-8,13,19H,9H2,1-2H3,(H,17,22)/b8-7+. The first-order valence-corrected chi connectivity index (χ1v) is 6.86. The Balaban J connectivity index is 2.47. The van der Waals surface area contributed by atoms with Crippen LogP contribution in [-0.2, 0) is 23.9 Å². The highest BCUT2D eigenvalue weighted by molar-refractivity contribution is 5.97. The van der Waals surface area contributed by atoms with Crippen LogP contribution in [0.2, 0.25) is 0 Å². The molecule has 1 atom stereocenters. The summed E-state index contributed by atoms with van der Waals surface area (Å²) in [5.74, 6) is -2.53. The summed E-state index contributed by atoms with van der Waals surface area (Å²) in [6.45, 7) is 0.835. The number of carbonyl (C=O) groups excluding carboxylic acids is 4. The maximum Gasteiger partial charge on any atom is 0.331 e. The first-order chi connectivity index (χ1) is 11.3. The van der Waals surface area contributed by atoms with Crippen LogP contribution in [0.5, 0.6) is 0 Å². The second kappa shape index (κ2) is 9.21. The molecule has 0 aliphatic heterocycles. The molecule has 8 heteroatoms. The molecule has 24 heavy (non-hydrogen) atoms. The van der Waals surface area contributed by atoms with Crippen molar-refractivity contribution in [3.8, 4) is 0 Å². The van der Waals surface area contributed by atoms with Gasteiger partial charge in [0.1, 0.15) is 6.61 Å². The van der Waals surface area contributed by atoms with Gasteiger partial charge >= 0.3 is 11.9 Å². The van der Waals surface area contributed by atoms with Crippen LogP contribution in [0.1, 0.15) is 17.3 Å². The third kappa shape index (κ3) is 6.41. The van der Waals surface area contributed by atoms with Crippen molar-refractivity contribution in [3.63, 3.8) is 0 Å². The normalized spacial score (nSPS) is 11.6. The minimum Gasteiger partial charge on any atom is -0.466 e. The maximum absolute atomic E-state index is 11.7. The van der Waals surface area contributed by atoms with E-state index in [9.17, 15) is 24.3 Å². The predicted molar refractivity (Wildman–Crippen MR) is 83.2 cm³/mol. The third-order valence-electron chi connectivity index (χ3n) is 2.80. The lowest BCUT2D eigenvalue weighted by molar-refractivity contribution is -0.144. The Labute approximate surface area is 138 Å². The minimum absolute atomic E-state index is 0.111. The van der Waals surface area contributed by atoms with Gasteiger partial charge in [0.05, 0.1) is 7.11 Å². The van der Waals surface area contributed by atoms with E-state index in [-0.39, 0.29) is 5.78 Å². The summed E-state index contributed by atoms with van der Waals surface area (Å²) in [7, 11) is 1.15. The van der Waals surface area contributed by atoms with E-state index in [0.717, 1.165) is 19.3 Å². The lowest BCUT2D eigenvalue weighted by Crippen LogP contribution is -2.32. The molecule has 0 aliphatic rings. The minimum atomic E-state index is -1.59. The Kier molecular flexibility index (Phi) is 7.31. The number of methoxy groups -OCH3 is 1. The fourth-order valence-electron chi connectivity index (χ4n) is 1.50. The van der Waals surface area contributed by atoms with Crippen LogP contribution in [-0.4, -0.2) is 48.6 Å². The smallest absolute Gasteiger partial charge is 0.331 e. The zero-order chi connectivity index (χ0) is 18.1. The molecule has 0 spiro atoms. The van der Waals surface area contributed by atoms with Gasteiger partial charge in [-0.25, -0.2) is 9.59 Å². The molecule has 0 radical (unpaired) electrons. The van der Waals surface area contributed by atoms with Crippen LogP contribution in [0, 0.1) is 0 Å². The lowest BCUT2D eigenvalue weighted by Gasteiger charge is -2.11. The van der Waals surface area contributed by atoms with E-state index in [1.54, 1.807) is 0 Å². The third-order valence-corrected chi connectivity index (χ3v) is 2.80. The summed E-state index contributed by atoms with van der Waals surface area (Å²) in [5, 5.41) is 12.0. The number of aliphatic hydroxyl groups excluding tert-OH is 1. The van der Waals surface area contributed by atoms with Crippen LogP contribution in [0.25, 0.3) is 0 Å². The molecule has 1 aromatic rings. The summed E-state index contributed by atoms with van der Waals surface area (Å²) in [6, 6.07) is 6.07. The molecule has 1 rings (SSSR count). The van der Waals surface area contributed by atoms with Gasteiger partial charge in [0.25, 0.3) is 5.91 Å². The fourth-order valence-corrected chi connectivity index (χ4v) is 1.50. The quantitative estimate of drug-likeness (QED) is 0.422. The van der Waals surface area contributed by atoms with E-state index in [4.69, 9.17) is 0 Å². The molecule has 2 N–H and O–H groups in total. The fraction of sp³-hybridized carbons (Fsp3) is 0.250. The number of Topliss-reactive ketones (excluding diaryl/α,β-unsaturated/α-hetero) is 1. The van der Waals surface area contributed by atoms with Crippen molar-refractivity contribution in [1.29, 1.82) is 0 Å². The monoisotopic (exact) mass is 335 g/mol. The number of ketones is 1. The van der Waals surface area contributed by atoms with Gasteiger partial charge in [-0.05, 0) is 31.2 Å². The van der Waals surface area contributed by atoms with Gasteiger partial charge in [-0.3, -0.25) is 9.59 Å². The number of rotatable bonds is 7. The van der Waals surface area contributed by atoms with Crippen LogP contribution in [0.4, 0.5) is 5.69 Å². The number of hydrogen-bond acceptors (Lipinski definition) is 7. The molecule has 1 aromatic carbocycles. The first kappa shape index (κ1) is 19.0. The molecule has 0 aromatic heterocycles. The molecule has 1 amide bonds. The zero-order valence-electron chi connectivity index (χ0n) is 13.1. The number of benzene rings is 1. The second-order valence-corrected chi connectivity index (χ2v) is 4.63. The Morgan fingerprint density at radius 2 is 1.71 bits per heavy atom. The average molecular weight is 335 g/mol. The Morgan fingerprint density at radius 1 is 1.12 bits per heavy atom. The number of carbonyl (C=O) groups is 4. The van der Waals surface area contributed by atoms with E-state index in [0.29, 0.717) is 11.3 Å². The maximum atomic E-state index is 11.7. The molecule has 0 saturated heterocycles. The van der Waals surface area contributed by atoms with Crippen molar-refractivity contribution in [2.24, 2.45) is 0 Å². The largest absolute Gasteiger partial charge is 0.466 e. The molecule has 0 fully saturated rings. The lowest BCUT2D eigenvalue weighted by atomic mass is 10.1. The van der Waals surface area contributed by atoms with Crippen molar-refractivity contribution in [3.05, 3.63) is 42.0 Å². The number of esters is 2. The molecule has 128 valence electrons.